The highest BCUT2D eigenvalue weighted by atomic mass is 16.3. The second-order valence-corrected chi connectivity index (χ2v) is 3.17. The lowest BCUT2D eigenvalue weighted by Crippen LogP contribution is -2.26. The summed E-state index contributed by atoms with van der Waals surface area (Å²) in [6, 6.07) is 7.25. The Morgan fingerprint density at radius 3 is 2.47 bits per heavy atom. The van der Waals surface area contributed by atoms with Crippen molar-refractivity contribution < 1.29 is 9.90 Å². The van der Waals surface area contributed by atoms with Crippen molar-refractivity contribution in [1.82, 2.24) is 0 Å². The Bertz CT molecular complexity index is 319. The van der Waals surface area contributed by atoms with Crippen molar-refractivity contribution in [3.8, 4) is 0 Å². The van der Waals surface area contributed by atoms with Crippen molar-refractivity contribution in [2.45, 2.75) is 0 Å². The van der Waals surface area contributed by atoms with Crippen LogP contribution in [0.2, 0.25) is 0 Å². The van der Waals surface area contributed by atoms with Crippen molar-refractivity contribution in [1.29, 1.82) is 0 Å². The number of aliphatic hydroxyl groups is 1. The van der Waals surface area contributed by atoms with Crippen LogP contribution < -0.4 is 4.90 Å². The number of aliphatic hydroxyl groups excluding tert-OH is 1. The molecular formula is C12H15NO2. The number of carbonyl (C=O) groups excluding carboxylic acids is 1. The Balaban J connectivity index is 2.80. The lowest BCUT2D eigenvalue weighted by Gasteiger charge is -2.22. The number of aldehydes is 1. The summed E-state index contributed by atoms with van der Waals surface area (Å²) < 4.78 is 0. The lowest BCUT2D eigenvalue weighted by molar-refractivity contribution is 0.112. The summed E-state index contributed by atoms with van der Waals surface area (Å²) in [5.41, 5.74) is 1.64. The molecule has 1 aromatic carbocycles. The van der Waals surface area contributed by atoms with E-state index in [9.17, 15) is 4.79 Å². The molecule has 0 heterocycles. The third kappa shape index (κ3) is 3.22. The Labute approximate surface area is 89.6 Å². The highest BCUT2D eigenvalue weighted by Crippen LogP contribution is 2.14. The van der Waals surface area contributed by atoms with Gasteiger partial charge in [0.25, 0.3) is 0 Å². The molecule has 0 aliphatic carbocycles. The summed E-state index contributed by atoms with van der Waals surface area (Å²) in [7, 11) is 0. The zero-order valence-corrected chi connectivity index (χ0v) is 8.60. The fourth-order valence-electron chi connectivity index (χ4n) is 1.37. The van der Waals surface area contributed by atoms with E-state index in [0.29, 0.717) is 18.7 Å². The second kappa shape index (κ2) is 5.98. The topological polar surface area (TPSA) is 40.5 Å². The van der Waals surface area contributed by atoms with Crippen LogP contribution in [0.4, 0.5) is 5.69 Å². The Hall–Kier alpha value is -1.61. The third-order valence-electron chi connectivity index (χ3n) is 2.11. The Morgan fingerprint density at radius 1 is 1.33 bits per heavy atom. The van der Waals surface area contributed by atoms with Gasteiger partial charge in [-0.3, -0.25) is 4.79 Å². The molecule has 0 saturated heterocycles. The van der Waals surface area contributed by atoms with Gasteiger partial charge < -0.3 is 10.0 Å². The molecule has 0 atom stereocenters. The molecule has 15 heavy (non-hydrogen) atoms. The van der Waals surface area contributed by atoms with Gasteiger partial charge in [-0.1, -0.05) is 6.08 Å². The van der Waals surface area contributed by atoms with Crippen LogP contribution >= 0.6 is 0 Å². The van der Waals surface area contributed by atoms with Gasteiger partial charge in [0.2, 0.25) is 0 Å². The minimum absolute atomic E-state index is 0.100. The van der Waals surface area contributed by atoms with Gasteiger partial charge in [0.15, 0.2) is 0 Å². The van der Waals surface area contributed by atoms with Crippen molar-refractivity contribution in [2.75, 3.05) is 24.6 Å². The number of carbonyl (C=O) groups is 1. The van der Waals surface area contributed by atoms with Gasteiger partial charge in [0, 0.05) is 24.3 Å². The van der Waals surface area contributed by atoms with Crippen LogP contribution in [-0.4, -0.2) is 31.1 Å². The van der Waals surface area contributed by atoms with Crippen molar-refractivity contribution in [3.63, 3.8) is 0 Å². The fourth-order valence-corrected chi connectivity index (χ4v) is 1.37. The monoisotopic (exact) mass is 205 g/mol. The first kappa shape index (κ1) is 11.5. The molecule has 3 nitrogen and oxygen atoms in total. The highest BCUT2D eigenvalue weighted by Gasteiger charge is 2.03. The number of anilines is 1. The van der Waals surface area contributed by atoms with Crippen LogP contribution in [0.25, 0.3) is 0 Å². The fraction of sp³-hybridized carbons (Fsp3) is 0.250. The standard InChI is InChI=1S/C12H15NO2/c1-2-7-13(8-9-14)12-5-3-11(10-15)4-6-12/h2-6,10,14H,1,7-9H2. The van der Waals surface area contributed by atoms with E-state index in [4.69, 9.17) is 5.11 Å². The molecule has 0 amide bonds. The molecule has 0 aliphatic rings. The molecule has 0 unspecified atom stereocenters. The molecule has 0 aromatic heterocycles. The average molecular weight is 205 g/mol. The molecule has 80 valence electrons. The number of hydrogen-bond acceptors (Lipinski definition) is 3. The van der Waals surface area contributed by atoms with Gasteiger partial charge in [0.1, 0.15) is 6.29 Å². The normalized spacial score (nSPS) is 9.67. The van der Waals surface area contributed by atoms with E-state index in [1.54, 1.807) is 18.2 Å². The maximum Gasteiger partial charge on any atom is 0.150 e. The molecular weight excluding hydrogens is 190 g/mol. The Morgan fingerprint density at radius 2 is 2.00 bits per heavy atom. The zero-order chi connectivity index (χ0) is 11.1. The lowest BCUT2D eigenvalue weighted by atomic mass is 10.2. The molecule has 1 N–H and O–H groups in total. The van der Waals surface area contributed by atoms with Crippen molar-refractivity contribution >= 4 is 12.0 Å². The maximum absolute atomic E-state index is 10.5. The summed E-state index contributed by atoms with van der Waals surface area (Å²) >= 11 is 0. The molecule has 0 saturated carbocycles. The van der Waals surface area contributed by atoms with E-state index in [1.165, 1.54) is 0 Å². The van der Waals surface area contributed by atoms with E-state index in [-0.39, 0.29) is 6.61 Å². The molecule has 1 rings (SSSR count). The maximum atomic E-state index is 10.5. The summed E-state index contributed by atoms with van der Waals surface area (Å²) in [6.45, 7) is 5.01. The quantitative estimate of drug-likeness (QED) is 0.565. The van der Waals surface area contributed by atoms with Gasteiger partial charge in [-0.15, -0.1) is 6.58 Å². The number of nitrogens with zero attached hydrogens (tertiary/aromatic N) is 1. The number of hydrogen-bond donors (Lipinski definition) is 1. The predicted molar refractivity (Wildman–Crippen MR) is 61.3 cm³/mol. The van der Waals surface area contributed by atoms with E-state index < -0.39 is 0 Å². The van der Waals surface area contributed by atoms with Gasteiger partial charge in [-0.25, -0.2) is 0 Å². The van der Waals surface area contributed by atoms with Crippen LogP contribution in [0.1, 0.15) is 10.4 Å². The van der Waals surface area contributed by atoms with E-state index in [0.717, 1.165) is 12.0 Å². The Kier molecular flexibility index (Phi) is 4.57. The van der Waals surface area contributed by atoms with Crippen LogP contribution in [-0.2, 0) is 0 Å². The minimum Gasteiger partial charge on any atom is -0.395 e. The van der Waals surface area contributed by atoms with E-state index in [1.807, 2.05) is 17.0 Å². The third-order valence-corrected chi connectivity index (χ3v) is 2.11. The summed E-state index contributed by atoms with van der Waals surface area (Å²) in [6.07, 6.45) is 2.59. The molecule has 0 spiro atoms. The van der Waals surface area contributed by atoms with Crippen molar-refractivity contribution in [2.24, 2.45) is 0 Å². The van der Waals surface area contributed by atoms with Crippen molar-refractivity contribution in [3.05, 3.63) is 42.5 Å². The molecule has 0 fully saturated rings. The van der Waals surface area contributed by atoms with Gasteiger partial charge in [0.05, 0.1) is 6.61 Å². The molecule has 0 bridgehead atoms. The smallest absolute Gasteiger partial charge is 0.150 e. The molecule has 3 heteroatoms. The highest BCUT2D eigenvalue weighted by molar-refractivity contribution is 5.75. The zero-order valence-electron chi connectivity index (χ0n) is 8.60. The minimum atomic E-state index is 0.100. The van der Waals surface area contributed by atoms with Gasteiger partial charge in [-0.2, -0.15) is 0 Å². The van der Waals surface area contributed by atoms with Gasteiger partial charge >= 0.3 is 0 Å². The van der Waals surface area contributed by atoms with Gasteiger partial charge in [-0.05, 0) is 24.3 Å². The van der Waals surface area contributed by atoms with Crippen LogP contribution in [0.3, 0.4) is 0 Å². The average Bonchev–Trinajstić information content (AvgIpc) is 2.29. The molecule has 1 aromatic rings. The predicted octanol–water partition coefficient (Wildman–Crippen LogP) is 1.48. The van der Waals surface area contributed by atoms with Crippen LogP contribution in [0.5, 0.6) is 0 Å². The van der Waals surface area contributed by atoms with Crippen LogP contribution in [0, 0.1) is 0 Å². The second-order valence-electron chi connectivity index (χ2n) is 3.17. The molecule has 0 aliphatic heterocycles. The summed E-state index contributed by atoms with van der Waals surface area (Å²) in [5.74, 6) is 0. The molecule has 0 radical (unpaired) electrons. The number of rotatable bonds is 6. The summed E-state index contributed by atoms with van der Waals surface area (Å²) in [4.78, 5) is 12.5. The largest absolute Gasteiger partial charge is 0.395 e. The summed E-state index contributed by atoms with van der Waals surface area (Å²) in [5, 5.41) is 8.89. The van der Waals surface area contributed by atoms with Crippen LogP contribution in [0.15, 0.2) is 36.9 Å². The van der Waals surface area contributed by atoms with E-state index >= 15 is 0 Å². The number of benzene rings is 1. The first-order chi connectivity index (χ1) is 7.31. The SMILES string of the molecule is C=CCN(CCO)c1ccc(C=O)cc1. The first-order valence-corrected chi connectivity index (χ1v) is 4.83. The van der Waals surface area contributed by atoms with E-state index in [2.05, 4.69) is 6.58 Å². The first-order valence-electron chi connectivity index (χ1n) is 4.83.